The lowest BCUT2D eigenvalue weighted by Gasteiger charge is -2.31. The molecule has 4 nitrogen and oxygen atoms in total. The van der Waals surface area contributed by atoms with Crippen LogP contribution in [0.1, 0.15) is 36.8 Å². The second-order valence-corrected chi connectivity index (χ2v) is 6.20. The van der Waals surface area contributed by atoms with Crippen molar-refractivity contribution < 1.29 is 4.74 Å². The van der Waals surface area contributed by atoms with Crippen LogP contribution in [-0.2, 0) is 10.2 Å². The Bertz CT molecular complexity index is 493. The van der Waals surface area contributed by atoms with Crippen LogP contribution >= 0.6 is 0 Å². The predicted octanol–water partition coefficient (Wildman–Crippen LogP) is 2.62. The highest BCUT2D eigenvalue weighted by atomic mass is 16.5. The van der Waals surface area contributed by atoms with Crippen LogP contribution in [0.4, 0.5) is 0 Å². The molecule has 1 aromatic carbocycles. The van der Waals surface area contributed by atoms with Crippen LogP contribution in [-0.4, -0.2) is 39.8 Å². The fourth-order valence-corrected chi connectivity index (χ4v) is 3.34. The molecule has 1 fully saturated rings. The van der Waals surface area contributed by atoms with Crippen LogP contribution in [0.25, 0.3) is 0 Å². The Morgan fingerprint density at radius 2 is 2.05 bits per heavy atom. The Hall–Kier alpha value is -1.55. The second kappa shape index (κ2) is 8.18. The van der Waals surface area contributed by atoms with Gasteiger partial charge in [0.15, 0.2) is 5.96 Å². The summed E-state index contributed by atoms with van der Waals surface area (Å²) < 4.78 is 5.07. The van der Waals surface area contributed by atoms with E-state index >= 15 is 0 Å². The van der Waals surface area contributed by atoms with Gasteiger partial charge in [0.2, 0.25) is 0 Å². The van der Waals surface area contributed by atoms with E-state index in [1.165, 1.54) is 36.8 Å². The zero-order valence-electron chi connectivity index (χ0n) is 14.1. The van der Waals surface area contributed by atoms with Gasteiger partial charge < -0.3 is 15.4 Å². The highest BCUT2D eigenvalue weighted by Gasteiger charge is 2.35. The number of ether oxygens (including phenoxy) is 1. The van der Waals surface area contributed by atoms with Gasteiger partial charge in [-0.1, -0.05) is 42.7 Å². The smallest absolute Gasteiger partial charge is 0.191 e. The zero-order valence-corrected chi connectivity index (χ0v) is 14.1. The number of guanidine groups is 1. The Morgan fingerprint density at radius 3 is 2.68 bits per heavy atom. The third-order valence-electron chi connectivity index (χ3n) is 4.61. The van der Waals surface area contributed by atoms with Crippen LogP contribution in [0.15, 0.2) is 29.3 Å². The van der Waals surface area contributed by atoms with E-state index in [1.54, 1.807) is 7.11 Å². The topological polar surface area (TPSA) is 45.7 Å². The molecule has 0 bridgehead atoms. The number of aryl methyl sites for hydroxylation is 1. The van der Waals surface area contributed by atoms with Gasteiger partial charge in [0.1, 0.15) is 0 Å². The first-order chi connectivity index (χ1) is 10.7. The summed E-state index contributed by atoms with van der Waals surface area (Å²) in [6, 6.07) is 8.97. The summed E-state index contributed by atoms with van der Waals surface area (Å²) in [5, 5.41) is 6.80. The Balaban J connectivity index is 2.03. The van der Waals surface area contributed by atoms with Gasteiger partial charge in [-0.25, -0.2) is 0 Å². The summed E-state index contributed by atoms with van der Waals surface area (Å²) in [4.78, 5) is 4.30. The molecule has 0 unspecified atom stereocenters. The second-order valence-electron chi connectivity index (χ2n) is 6.20. The molecule has 4 heteroatoms. The van der Waals surface area contributed by atoms with Crippen molar-refractivity contribution in [1.82, 2.24) is 10.6 Å². The van der Waals surface area contributed by atoms with Crippen molar-refractivity contribution >= 4 is 5.96 Å². The van der Waals surface area contributed by atoms with E-state index < -0.39 is 0 Å². The normalized spacial score (nSPS) is 17.5. The molecule has 1 saturated carbocycles. The molecule has 1 aromatic rings. The summed E-state index contributed by atoms with van der Waals surface area (Å²) in [6.45, 7) is 4.56. The van der Waals surface area contributed by atoms with Crippen LogP contribution in [0, 0.1) is 6.92 Å². The molecule has 0 atom stereocenters. The van der Waals surface area contributed by atoms with Crippen molar-refractivity contribution in [2.45, 2.75) is 38.0 Å². The number of aliphatic imine (C=N–C) groups is 1. The molecule has 0 amide bonds. The molecule has 0 heterocycles. The lowest BCUT2D eigenvalue weighted by atomic mass is 9.78. The monoisotopic (exact) mass is 303 g/mol. The lowest BCUT2D eigenvalue weighted by Crippen LogP contribution is -2.45. The van der Waals surface area contributed by atoms with Crippen LogP contribution in [0.2, 0.25) is 0 Å². The van der Waals surface area contributed by atoms with Crippen molar-refractivity contribution in [3.63, 3.8) is 0 Å². The quantitative estimate of drug-likeness (QED) is 0.482. The van der Waals surface area contributed by atoms with Gasteiger partial charge in [0.25, 0.3) is 0 Å². The lowest BCUT2D eigenvalue weighted by molar-refractivity contribution is 0.203. The number of hydrogen-bond acceptors (Lipinski definition) is 2. The van der Waals surface area contributed by atoms with Crippen LogP contribution in [0.5, 0.6) is 0 Å². The SMILES string of the molecule is CN=C(NCCOC)NCC1(c2cccc(C)c2)CCCC1. The number of methoxy groups -OCH3 is 1. The molecule has 0 spiro atoms. The number of nitrogens with zero attached hydrogens (tertiary/aromatic N) is 1. The van der Waals surface area contributed by atoms with Crippen LogP contribution in [0.3, 0.4) is 0 Å². The summed E-state index contributed by atoms with van der Waals surface area (Å²) in [7, 11) is 3.53. The molecule has 0 aromatic heterocycles. The van der Waals surface area contributed by atoms with Gasteiger partial charge in [-0.05, 0) is 25.3 Å². The van der Waals surface area contributed by atoms with Gasteiger partial charge in [-0.15, -0.1) is 0 Å². The van der Waals surface area contributed by atoms with Gasteiger partial charge in [0, 0.05) is 32.7 Å². The number of hydrogen-bond donors (Lipinski definition) is 2. The summed E-state index contributed by atoms with van der Waals surface area (Å²) in [6.07, 6.45) is 5.12. The Labute approximate surface area is 134 Å². The fourth-order valence-electron chi connectivity index (χ4n) is 3.34. The summed E-state index contributed by atoms with van der Waals surface area (Å²) >= 11 is 0. The van der Waals surface area contributed by atoms with Crippen molar-refractivity contribution in [3.05, 3.63) is 35.4 Å². The molecule has 1 aliphatic rings. The standard InChI is InChI=1S/C18H29N3O/c1-15-7-6-8-16(13-15)18(9-4-5-10-18)14-21-17(19-2)20-11-12-22-3/h6-8,13H,4-5,9-12,14H2,1-3H3,(H2,19,20,21). The fraction of sp³-hybridized carbons (Fsp3) is 0.611. The maximum absolute atomic E-state index is 5.07. The average Bonchev–Trinajstić information content (AvgIpc) is 3.01. The molecule has 0 aliphatic heterocycles. The zero-order chi connectivity index (χ0) is 15.8. The number of nitrogens with one attached hydrogen (secondary N) is 2. The predicted molar refractivity (Wildman–Crippen MR) is 92.6 cm³/mol. The van der Waals surface area contributed by atoms with E-state index in [4.69, 9.17) is 4.74 Å². The molecule has 22 heavy (non-hydrogen) atoms. The van der Waals surface area contributed by atoms with E-state index in [0.717, 1.165) is 19.0 Å². The Kier molecular flexibility index (Phi) is 6.25. The Morgan fingerprint density at radius 1 is 1.27 bits per heavy atom. The first-order valence-electron chi connectivity index (χ1n) is 8.21. The summed E-state index contributed by atoms with van der Waals surface area (Å²) in [5.74, 6) is 0.857. The third kappa shape index (κ3) is 4.23. The highest BCUT2D eigenvalue weighted by Crippen LogP contribution is 2.40. The van der Waals surface area contributed by atoms with Crippen LogP contribution < -0.4 is 10.6 Å². The van der Waals surface area contributed by atoms with Gasteiger partial charge in [0.05, 0.1) is 6.61 Å². The van der Waals surface area contributed by atoms with Gasteiger partial charge in [-0.2, -0.15) is 0 Å². The molecule has 0 saturated heterocycles. The van der Waals surface area contributed by atoms with E-state index in [2.05, 4.69) is 46.8 Å². The molecular weight excluding hydrogens is 274 g/mol. The van der Waals surface area contributed by atoms with Gasteiger partial charge >= 0.3 is 0 Å². The molecule has 1 aliphatic carbocycles. The maximum atomic E-state index is 5.07. The molecule has 2 rings (SSSR count). The van der Waals surface area contributed by atoms with Crippen molar-refractivity contribution in [1.29, 1.82) is 0 Å². The minimum absolute atomic E-state index is 0.241. The van der Waals surface area contributed by atoms with E-state index in [9.17, 15) is 0 Å². The molecular formula is C18H29N3O. The first-order valence-corrected chi connectivity index (χ1v) is 8.21. The van der Waals surface area contributed by atoms with E-state index in [1.807, 2.05) is 7.05 Å². The number of rotatable bonds is 6. The maximum Gasteiger partial charge on any atom is 0.191 e. The van der Waals surface area contributed by atoms with E-state index in [-0.39, 0.29) is 5.41 Å². The van der Waals surface area contributed by atoms with E-state index in [0.29, 0.717) is 6.61 Å². The van der Waals surface area contributed by atoms with Crippen molar-refractivity contribution in [2.24, 2.45) is 4.99 Å². The summed E-state index contributed by atoms with van der Waals surface area (Å²) in [5.41, 5.74) is 3.04. The first kappa shape index (κ1) is 16.8. The van der Waals surface area contributed by atoms with Gasteiger partial charge in [-0.3, -0.25) is 4.99 Å². The number of benzene rings is 1. The van der Waals surface area contributed by atoms with Crippen molar-refractivity contribution in [3.8, 4) is 0 Å². The highest BCUT2D eigenvalue weighted by molar-refractivity contribution is 5.79. The molecule has 2 N–H and O–H groups in total. The third-order valence-corrected chi connectivity index (χ3v) is 4.61. The van der Waals surface area contributed by atoms with Crippen molar-refractivity contribution in [2.75, 3.05) is 33.9 Å². The molecule has 0 radical (unpaired) electrons. The average molecular weight is 303 g/mol. The molecule has 122 valence electrons. The minimum Gasteiger partial charge on any atom is -0.383 e. The largest absolute Gasteiger partial charge is 0.383 e. The minimum atomic E-state index is 0.241.